The van der Waals surface area contributed by atoms with E-state index in [0.717, 1.165) is 5.56 Å². The first-order valence-electron chi connectivity index (χ1n) is 7.49. The number of rotatable bonds is 7. The molecule has 0 fully saturated rings. The maximum atomic E-state index is 13.0. The largest absolute Gasteiger partial charge is 0.497 e. The Bertz CT molecular complexity index is 817. The molecule has 8 heteroatoms. The van der Waals surface area contributed by atoms with Crippen LogP contribution >= 0.6 is 0 Å². The Labute approximate surface area is 146 Å². The molecule has 0 radical (unpaired) electrons. The Kier molecular flexibility index (Phi) is 6.13. The van der Waals surface area contributed by atoms with Crippen LogP contribution in [0.15, 0.2) is 53.4 Å². The van der Waals surface area contributed by atoms with E-state index in [4.69, 9.17) is 9.94 Å². The summed E-state index contributed by atoms with van der Waals surface area (Å²) in [6, 6.07) is 13.0. The molecule has 3 N–H and O–H groups in total. The Morgan fingerprint density at radius 1 is 1.12 bits per heavy atom. The van der Waals surface area contributed by atoms with Crippen LogP contribution in [0.25, 0.3) is 0 Å². The summed E-state index contributed by atoms with van der Waals surface area (Å²) in [5, 5.41) is 10.2. The number of ether oxygens (including phenoxy) is 1. The molecule has 0 heterocycles. The van der Waals surface area contributed by atoms with E-state index in [9.17, 15) is 13.2 Å². The molecule has 1 amide bonds. The Balaban J connectivity index is 2.40. The third kappa shape index (κ3) is 4.56. The van der Waals surface area contributed by atoms with Gasteiger partial charge in [0.05, 0.1) is 18.6 Å². The number of aryl methyl sites for hydroxylation is 1. The predicted octanol–water partition coefficient (Wildman–Crippen LogP) is 1.57. The normalized spacial score (nSPS) is 12.4. The lowest BCUT2D eigenvalue weighted by Gasteiger charge is -2.20. The van der Waals surface area contributed by atoms with Crippen molar-refractivity contribution in [2.75, 3.05) is 13.7 Å². The average molecular weight is 364 g/mol. The molecule has 0 saturated heterocycles. The van der Waals surface area contributed by atoms with Crippen LogP contribution in [0.4, 0.5) is 0 Å². The fraction of sp³-hybridized carbons (Fsp3) is 0.235. The Morgan fingerprint density at radius 2 is 1.72 bits per heavy atom. The lowest BCUT2D eigenvalue weighted by atomic mass is 10.1. The SMILES string of the molecule is COc1ccc(S(=O)(=O)C(NCC(=O)NO)c2ccc(C)cc2)cc1. The van der Waals surface area contributed by atoms with Crippen molar-refractivity contribution in [2.45, 2.75) is 17.2 Å². The maximum absolute atomic E-state index is 13.0. The number of nitrogens with one attached hydrogen (secondary N) is 2. The van der Waals surface area contributed by atoms with Crippen molar-refractivity contribution in [2.24, 2.45) is 0 Å². The average Bonchev–Trinajstić information content (AvgIpc) is 2.63. The fourth-order valence-electron chi connectivity index (χ4n) is 2.27. The van der Waals surface area contributed by atoms with Crippen molar-refractivity contribution in [3.05, 3.63) is 59.7 Å². The van der Waals surface area contributed by atoms with Crippen LogP contribution in [-0.4, -0.2) is 33.2 Å². The number of hydroxylamine groups is 1. The summed E-state index contributed by atoms with van der Waals surface area (Å²) in [7, 11) is -2.33. The van der Waals surface area contributed by atoms with Gasteiger partial charge in [-0.15, -0.1) is 0 Å². The second-order valence-electron chi connectivity index (χ2n) is 5.43. The standard InChI is InChI=1S/C17H20N2O5S/c1-12-3-5-13(6-4-12)17(18-11-16(20)19-21)25(22,23)15-9-7-14(24-2)8-10-15/h3-10,17-18,21H,11H2,1-2H3,(H,19,20). The molecule has 0 saturated carbocycles. The molecule has 0 bridgehead atoms. The van der Waals surface area contributed by atoms with Crippen molar-refractivity contribution in [3.63, 3.8) is 0 Å². The van der Waals surface area contributed by atoms with Crippen LogP contribution in [0.3, 0.4) is 0 Å². The number of carbonyl (C=O) groups excluding carboxylic acids is 1. The quantitative estimate of drug-likeness (QED) is 0.509. The van der Waals surface area contributed by atoms with Crippen molar-refractivity contribution in [1.82, 2.24) is 10.8 Å². The van der Waals surface area contributed by atoms with E-state index in [1.807, 2.05) is 6.92 Å². The van der Waals surface area contributed by atoms with Gasteiger partial charge in [0.2, 0.25) is 0 Å². The van der Waals surface area contributed by atoms with Gasteiger partial charge in [-0.3, -0.25) is 15.3 Å². The molecule has 134 valence electrons. The van der Waals surface area contributed by atoms with Gasteiger partial charge in [-0.1, -0.05) is 29.8 Å². The van der Waals surface area contributed by atoms with E-state index >= 15 is 0 Å². The lowest BCUT2D eigenvalue weighted by molar-refractivity contribution is -0.128. The molecule has 7 nitrogen and oxygen atoms in total. The third-order valence-corrected chi connectivity index (χ3v) is 5.64. The number of carbonyl (C=O) groups is 1. The monoisotopic (exact) mass is 364 g/mol. The van der Waals surface area contributed by atoms with Crippen LogP contribution in [0.5, 0.6) is 5.75 Å². The van der Waals surface area contributed by atoms with Gasteiger partial charge in [-0.25, -0.2) is 13.9 Å². The molecule has 1 atom stereocenters. The topological polar surface area (TPSA) is 105 Å². The van der Waals surface area contributed by atoms with Crippen LogP contribution in [0, 0.1) is 6.92 Å². The zero-order valence-electron chi connectivity index (χ0n) is 13.9. The predicted molar refractivity (Wildman–Crippen MR) is 92.0 cm³/mol. The molecule has 2 aromatic carbocycles. The molecule has 2 rings (SSSR count). The van der Waals surface area contributed by atoms with Crippen molar-refractivity contribution in [3.8, 4) is 5.75 Å². The van der Waals surface area contributed by atoms with Crippen LogP contribution < -0.4 is 15.5 Å². The molecular formula is C17H20N2O5S. The van der Waals surface area contributed by atoms with E-state index in [0.29, 0.717) is 11.3 Å². The van der Waals surface area contributed by atoms with E-state index in [1.165, 1.54) is 24.7 Å². The molecule has 25 heavy (non-hydrogen) atoms. The van der Waals surface area contributed by atoms with Crippen molar-refractivity contribution >= 4 is 15.7 Å². The minimum atomic E-state index is -3.82. The number of benzene rings is 2. The summed E-state index contributed by atoms with van der Waals surface area (Å²) in [6.07, 6.45) is 0. The number of amides is 1. The van der Waals surface area contributed by atoms with Gasteiger partial charge in [0.25, 0.3) is 5.91 Å². The Morgan fingerprint density at radius 3 is 2.24 bits per heavy atom. The van der Waals surface area contributed by atoms with E-state index in [2.05, 4.69) is 5.32 Å². The number of hydrogen-bond acceptors (Lipinski definition) is 6. The Hall–Kier alpha value is -2.42. The second-order valence-corrected chi connectivity index (χ2v) is 7.46. The fourth-order valence-corrected chi connectivity index (χ4v) is 3.88. The van der Waals surface area contributed by atoms with Gasteiger partial charge < -0.3 is 4.74 Å². The van der Waals surface area contributed by atoms with Gasteiger partial charge in [0.1, 0.15) is 11.1 Å². The minimum absolute atomic E-state index is 0.0933. The van der Waals surface area contributed by atoms with E-state index in [1.54, 1.807) is 36.4 Å². The minimum Gasteiger partial charge on any atom is -0.497 e. The van der Waals surface area contributed by atoms with E-state index in [-0.39, 0.29) is 11.4 Å². The lowest BCUT2D eigenvalue weighted by Crippen LogP contribution is -2.37. The third-order valence-electron chi connectivity index (χ3n) is 3.65. The highest BCUT2D eigenvalue weighted by atomic mass is 32.2. The summed E-state index contributed by atoms with van der Waals surface area (Å²) in [4.78, 5) is 11.4. The summed E-state index contributed by atoms with van der Waals surface area (Å²) < 4.78 is 31.1. The molecule has 0 aliphatic heterocycles. The summed E-state index contributed by atoms with van der Waals surface area (Å²) in [6.45, 7) is 1.54. The second kappa shape index (κ2) is 8.11. The summed E-state index contributed by atoms with van der Waals surface area (Å²) >= 11 is 0. The first kappa shape index (κ1) is 18.9. The molecule has 0 aliphatic rings. The molecule has 0 spiro atoms. The smallest absolute Gasteiger partial charge is 0.257 e. The van der Waals surface area contributed by atoms with Crippen LogP contribution in [0.2, 0.25) is 0 Å². The van der Waals surface area contributed by atoms with Gasteiger partial charge in [-0.05, 0) is 36.8 Å². The van der Waals surface area contributed by atoms with Crippen LogP contribution in [0.1, 0.15) is 16.5 Å². The highest BCUT2D eigenvalue weighted by Crippen LogP contribution is 2.28. The van der Waals surface area contributed by atoms with Crippen molar-refractivity contribution < 1.29 is 23.2 Å². The van der Waals surface area contributed by atoms with Gasteiger partial charge >= 0.3 is 0 Å². The highest BCUT2D eigenvalue weighted by molar-refractivity contribution is 7.91. The van der Waals surface area contributed by atoms with Crippen LogP contribution in [-0.2, 0) is 14.6 Å². The first-order chi connectivity index (χ1) is 11.9. The summed E-state index contributed by atoms with van der Waals surface area (Å²) in [5.41, 5.74) is 2.95. The number of methoxy groups -OCH3 is 1. The zero-order valence-corrected chi connectivity index (χ0v) is 14.7. The molecule has 1 unspecified atom stereocenters. The zero-order chi connectivity index (χ0) is 18.4. The van der Waals surface area contributed by atoms with Gasteiger partial charge in [-0.2, -0.15) is 0 Å². The number of hydrogen-bond donors (Lipinski definition) is 3. The van der Waals surface area contributed by atoms with E-state index < -0.39 is 21.1 Å². The summed E-state index contributed by atoms with van der Waals surface area (Å²) in [5.74, 6) is -0.194. The van der Waals surface area contributed by atoms with Gasteiger partial charge in [0.15, 0.2) is 9.84 Å². The molecule has 0 aromatic heterocycles. The number of sulfone groups is 1. The van der Waals surface area contributed by atoms with Gasteiger partial charge in [0, 0.05) is 0 Å². The van der Waals surface area contributed by atoms with Crippen molar-refractivity contribution in [1.29, 1.82) is 0 Å². The maximum Gasteiger partial charge on any atom is 0.257 e. The molecular weight excluding hydrogens is 344 g/mol. The highest BCUT2D eigenvalue weighted by Gasteiger charge is 2.29. The molecule has 2 aromatic rings. The molecule has 0 aliphatic carbocycles. The first-order valence-corrected chi connectivity index (χ1v) is 9.04.